The van der Waals surface area contributed by atoms with Crippen molar-refractivity contribution in [3.8, 4) is 11.5 Å². The summed E-state index contributed by atoms with van der Waals surface area (Å²) in [5.74, 6) is 1.47. The predicted molar refractivity (Wildman–Crippen MR) is 93.8 cm³/mol. The van der Waals surface area contributed by atoms with Crippen molar-refractivity contribution in [2.45, 2.75) is 57.5 Å². The van der Waals surface area contributed by atoms with E-state index in [-0.39, 0.29) is 12.1 Å². The molecule has 1 aromatic rings. The molecule has 5 heteroatoms. The highest BCUT2D eigenvalue weighted by Crippen LogP contribution is 2.37. The second-order valence-electron chi connectivity index (χ2n) is 6.81. The number of rotatable bonds is 3. The van der Waals surface area contributed by atoms with Gasteiger partial charge in [0.15, 0.2) is 11.5 Å². The first-order chi connectivity index (χ1) is 11.6. The molecule has 1 heterocycles. The SMILES string of the molecule is COc1cc2c(cc1OC)[C@@H](C)N(C(=O)NC1CCCCC1)CC2. The Labute approximate surface area is 144 Å². The average Bonchev–Trinajstić information content (AvgIpc) is 2.61. The van der Waals surface area contributed by atoms with Crippen molar-refractivity contribution in [1.29, 1.82) is 0 Å². The number of hydrogen-bond acceptors (Lipinski definition) is 3. The highest BCUT2D eigenvalue weighted by molar-refractivity contribution is 5.75. The minimum Gasteiger partial charge on any atom is -0.493 e. The lowest BCUT2D eigenvalue weighted by Crippen LogP contribution is -2.48. The van der Waals surface area contributed by atoms with Crippen molar-refractivity contribution in [1.82, 2.24) is 10.2 Å². The molecule has 0 radical (unpaired) electrons. The van der Waals surface area contributed by atoms with Crippen LogP contribution in [0.1, 0.15) is 56.2 Å². The molecule has 1 aromatic carbocycles. The molecule has 1 fully saturated rings. The number of nitrogens with one attached hydrogen (secondary N) is 1. The Morgan fingerprint density at radius 1 is 1.12 bits per heavy atom. The van der Waals surface area contributed by atoms with E-state index in [1.54, 1.807) is 14.2 Å². The first-order valence-electron chi connectivity index (χ1n) is 8.96. The lowest BCUT2D eigenvalue weighted by molar-refractivity contribution is 0.167. The maximum atomic E-state index is 12.7. The lowest BCUT2D eigenvalue weighted by atomic mass is 9.92. The van der Waals surface area contributed by atoms with E-state index >= 15 is 0 Å². The molecule has 2 amide bonds. The first-order valence-corrected chi connectivity index (χ1v) is 8.96. The molecule has 0 bridgehead atoms. The van der Waals surface area contributed by atoms with Crippen LogP contribution in [-0.4, -0.2) is 37.7 Å². The van der Waals surface area contributed by atoms with Crippen LogP contribution in [0.15, 0.2) is 12.1 Å². The number of benzene rings is 1. The van der Waals surface area contributed by atoms with Gasteiger partial charge in [-0.1, -0.05) is 19.3 Å². The van der Waals surface area contributed by atoms with Crippen molar-refractivity contribution in [3.05, 3.63) is 23.3 Å². The molecule has 2 aliphatic rings. The van der Waals surface area contributed by atoms with Gasteiger partial charge in [0.1, 0.15) is 0 Å². The quantitative estimate of drug-likeness (QED) is 0.919. The summed E-state index contributed by atoms with van der Waals surface area (Å²) in [6, 6.07) is 4.50. The molecule has 24 heavy (non-hydrogen) atoms. The van der Waals surface area contributed by atoms with Crippen molar-refractivity contribution >= 4 is 6.03 Å². The summed E-state index contributed by atoms with van der Waals surface area (Å²) < 4.78 is 10.8. The summed E-state index contributed by atoms with van der Waals surface area (Å²) in [5.41, 5.74) is 2.39. The number of ether oxygens (including phenoxy) is 2. The van der Waals surface area contributed by atoms with Gasteiger partial charge in [-0.05, 0) is 49.4 Å². The molecule has 0 saturated heterocycles. The van der Waals surface area contributed by atoms with Crippen molar-refractivity contribution in [2.24, 2.45) is 0 Å². The summed E-state index contributed by atoms with van der Waals surface area (Å²) >= 11 is 0. The molecule has 0 aromatic heterocycles. The van der Waals surface area contributed by atoms with Gasteiger partial charge in [-0.3, -0.25) is 0 Å². The number of carbonyl (C=O) groups excluding carboxylic acids is 1. The molecule has 5 nitrogen and oxygen atoms in total. The van der Waals surface area contributed by atoms with Gasteiger partial charge in [-0.2, -0.15) is 0 Å². The number of nitrogens with zero attached hydrogens (tertiary/aromatic N) is 1. The maximum Gasteiger partial charge on any atom is 0.318 e. The summed E-state index contributed by atoms with van der Waals surface area (Å²) in [6.07, 6.45) is 6.80. The molecule has 0 unspecified atom stereocenters. The Hall–Kier alpha value is -1.91. The first kappa shape index (κ1) is 16.9. The average molecular weight is 332 g/mol. The lowest BCUT2D eigenvalue weighted by Gasteiger charge is -2.37. The molecule has 1 aliphatic carbocycles. The molecule has 1 aliphatic heterocycles. The monoisotopic (exact) mass is 332 g/mol. The Kier molecular flexibility index (Phi) is 5.17. The third-order valence-electron chi connectivity index (χ3n) is 5.38. The highest BCUT2D eigenvalue weighted by atomic mass is 16.5. The van der Waals surface area contributed by atoms with Crippen LogP contribution in [0.3, 0.4) is 0 Å². The van der Waals surface area contributed by atoms with Gasteiger partial charge in [0, 0.05) is 12.6 Å². The minimum absolute atomic E-state index is 0.0390. The standard InChI is InChI=1S/C19H28N2O3/c1-13-16-12-18(24-3)17(23-2)11-14(16)9-10-21(13)19(22)20-15-7-5-4-6-8-15/h11-13,15H,4-10H2,1-3H3,(H,20,22)/t13-/m1/s1. The second kappa shape index (κ2) is 7.32. The van der Waals surface area contributed by atoms with Gasteiger partial charge in [0.05, 0.1) is 20.3 Å². The molecule has 1 N–H and O–H groups in total. The van der Waals surface area contributed by atoms with E-state index in [0.29, 0.717) is 6.04 Å². The zero-order valence-corrected chi connectivity index (χ0v) is 14.9. The Morgan fingerprint density at radius 2 is 1.79 bits per heavy atom. The van der Waals surface area contributed by atoms with Gasteiger partial charge < -0.3 is 19.7 Å². The summed E-state index contributed by atoms with van der Waals surface area (Å²) in [5, 5.41) is 3.23. The van der Waals surface area contributed by atoms with Crippen molar-refractivity contribution in [3.63, 3.8) is 0 Å². The molecule has 132 valence electrons. The normalized spacial score (nSPS) is 21.1. The van der Waals surface area contributed by atoms with Crippen LogP contribution in [0.5, 0.6) is 11.5 Å². The van der Waals surface area contributed by atoms with E-state index in [0.717, 1.165) is 42.9 Å². The Bertz CT molecular complexity index is 597. The van der Waals surface area contributed by atoms with E-state index in [9.17, 15) is 4.79 Å². The summed E-state index contributed by atoms with van der Waals surface area (Å²) in [4.78, 5) is 14.7. The molecular weight excluding hydrogens is 304 g/mol. The van der Waals surface area contributed by atoms with E-state index in [1.165, 1.54) is 24.8 Å². The number of amides is 2. The molecule has 3 rings (SSSR count). The fraction of sp³-hybridized carbons (Fsp3) is 0.632. The number of methoxy groups -OCH3 is 2. The smallest absolute Gasteiger partial charge is 0.318 e. The largest absolute Gasteiger partial charge is 0.493 e. The number of hydrogen-bond donors (Lipinski definition) is 1. The van der Waals surface area contributed by atoms with Gasteiger partial charge >= 0.3 is 6.03 Å². The highest BCUT2D eigenvalue weighted by Gasteiger charge is 2.30. The van der Waals surface area contributed by atoms with Gasteiger partial charge in [-0.25, -0.2) is 4.79 Å². The predicted octanol–water partition coefficient (Wildman–Crippen LogP) is 3.67. The number of fused-ring (bicyclic) bond motifs is 1. The van der Waals surface area contributed by atoms with Crippen LogP contribution in [-0.2, 0) is 6.42 Å². The topological polar surface area (TPSA) is 50.8 Å². The van der Waals surface area contributed by atoms with E-state index in [1.807, 2.05) is 17.0 Å². The van der Waals surface area contributed by atoms with Crippen LogP contribution in [0, 0.1) is 0 Å². The molecule has 0 spiro atoms. The maximum absolute atomic E-state index is 12.7. The van der Waals surface area contributed by atoms with E-state index in [4.69, 9.17) is 9.47 Å². The van der Waals surface area contributed by atoms with Crippen LogP contribution in [0.25, 0.3) is 0 Å². The third kappa shape index (κ3) is 3.30. The molecular formula is C19H28N2O3. The minimum atomic E-state index is 0.0390. The van der Waals surface area contributed by atoms with Gasteiger partial charge in [0.2, 0.25) is 0 Å². The van der Waals surface area contributed by atoms with Crippen LogP contribution < -0.4 is 14.8 Å². The molecule has 1 saturated carbocycles. The number of carbonyl (C=O) groups is 1. The van der Waals surface area contributed by atoms with E-state index < -0.39 is 0 Å². The van der Waals surface area contributed by atoms with Crippen LogP contribution in [0.4, 0.5) is 4.79 Å². The third-order valence-corrected chi connectivity index (χ3v) is 5.38. The second-order valence-corrected chi connectivity index (χ2v) is 6.81. The Morgan fingerprint density at radius 3 is 2.46 bits per heavy atom. The molecule has 1 atom stereocenters. The zero-order chi connectivity index (χ0) is 17.1. The zero-order valence-electron chi connectivity index (χ0n) is 14.9. The van der Waals surface area contributed by atoms with Crippen molar-refractivity contribution in [2.75, 3.05) is 20.8 Å². The van der Waals surface area contributed by atoms with Gasteiger partial charge in [-0.15, -0.1) is 0 Å². The van der Waals surface area contributed by atoms with Crippen LogP contribution in [0.2, 0.25) is 0 Å². The summed E-state index contributed by atoms with van der Waals surface area (Å²) in [7, 11) is 3.30. The van der Waals surface area contributed by atoms with Crippen LogP contribution >= 0.6 is 0 Å². The van der Waals surface area contributed by atoms with E-state index in [2.05, 4.69) is 12.2 Å². The van der Waals surface area contributed by atoms with Crippen molar-refractivity contribution < 1.29 is 14.3 Å². The summed E-state index contributed by atoms with van der Waals surface area (Å²) in [6.45, 7) is 2.83. The fourth-order valence-electron chi connectivity index (χ4n) is 3.93. The van der Waals surface area contributed by atoms with Gasteiger partial charge in [0.25, 0.3) is 0 Å². The fourth-order valence-corrected chi connectivity index (χ4v) is 3.93. The Balaban J connectivity index is 1.75. The number of urea groups is 1.